The average Bonchev–Trinajstić information content (AvgIpc) is 2.91. The number of para-hydroxylation sites is 1. The van der Waals surface area contributed by atoms with Crippen LogP contribution in [0.4, 0.5) is 0 Å². The molecule has 1 N–H and O–H groups in total. The highest BCUT2D eigenvalue weighted by Gasteiger charge is 2.27. The van der Waals surface area contributed by atoms with E-state index in [0.29, 0.717) is 37.5 Å². The molecule has 6 nitrogen and oxygen atoms in total. The standard InChI is InChI=1S/C16H18N2O4/c1-11-12-4-2-3-5-13(12)22-15(11)16(21)18-8-6-17(7-9-18)14(20)10-19/h2-5,19H,6-10H2,1H3. The van der Waals surface area contributed by atoms with Crippen LogP contribution in [0, 0.1) is 6.92 Å². The van der Waals surface area contributed by atoms with E-state index in [1.807, 2.05) is 31.2 Å². The topological polar surface area (TPSA) is 74.0 Å². The van der Waals surface area contributed by atoms with Crippen molar-refractivity contribution in [3.8, 4) is 0 Å². The first kappa shape index (κ1) is 14.6. The molecule has 1 aromatic heterocycles. The second kappa shape index (κ2) is 5.81. The first-order chi connectivity index (χ1) is 10.6. The van der Waals surface area contributed by atoms with Crippen molar-refractivity contribution >= 4 is 22.8 Å². The van der Waals surface area contributed by atoms with Gasteiger partial charge in [0.25, 0.3) is 5.91 Å². The number of hydrogen-bond donors (Lipinski definition) is 1. The summed E-state index contributed by atoms with van der Waals surface area (Å²) in [4.78, 5) is 27.3. The zero-order chi connectivity index (χ0) is 15.7. The number of carbonyl (C=O) groups excluding carboxylic acids is 2. The van der Waals surface area contributed by atoms with Crippen molar-refractivity contribution in [3.05, 3.63) is 35.6 Å². The van der Waals surface area contributed by atoms with Crippen LogP contribution in [0.3, 0.4) is 0 Å². The average molecular weight is 302 g/mol. The van der Waals surface area contributed by atoms with Gasteiger partial charge in [0.2, 0.25) is 5.91 Å². The Morgan fingerprint density at radius 3 is 2.41 bits per heavy atom. The van der Waals surface area contributed by atoms with Crippen molar-refractivity contribution in [2.45, 2.75) is 6.92 Å². The fraction of sp³-hybridized carbons (Fsp3) is 0.375. The van der Waals surface area contributed by atoms with Gasteiger partial charge in [-0.2, -0.15) is 0 Å². The molecule has 0 saturated carbocycles. The number of piperazine rings is 1. The third-order valence-electron chi connectivity index (χ3n) is 4.09. The van der Waals surface area contributed by atoms with Crippen molar-refractivity contribution in [1.82, 2.24) is 9.80 Å². The van der Waals surface area contributed by atoms with Crippen molar-refractivity contribution in [3.63, 3.8) is 0 Å². The molecule has 2 aromatic rings. The molecule has 1 aliphatic rings. The van der Waals surface area contributed by atoms with Gasteiger partial charge < -0.3 is 19.3 Å². The van der Waals surface area contributed by atoms with Crippen LogP contribution in [-0.2, 0) is 4.79 Å². The van der Waals surface area contributed by atoms with Crippen molar-refractivity contribution in [2.75, 3.05) is 32.8 Å². The molecule has 1 fully saturated rings. The molecule has 1 aromatic carbocycles. The molecule has 0 radical (unpaired) electrons. The van der Waals surface area contributed by atoms with Crippen LogP contribution in [0.5, 0.6) is 0 Å². The van der Waals surface area contributed by atoms with Gasteiger partial charge in [0.1, 0.15) is 12.2 Å². The Kier molecular flexibility index (Phi) is 3.85. The number of carbonyl (C=O) groups is 2. The summed E-state index contributed by atoms with van der Waals surface area (Å²) in [6.07, 6.45) is 0. The van der Waals surface area contributed by atoms with Gasteiger partial charge >= 0.3 is 0 Å². The summed E-state index contributed by atoms with van der Waals surface area (Å²) in [6.45, 7) is 3.15. The van der Waals surface area contributed by atoms with Crippen molar-refractivity contribution in [2.24, 2.45) is 0 Å². The van der Waals surface area contributed by atoms with E-state index in [9.17, 15) is 9.59 Å². The fourth-order valence-electron chi connectivity index (χ4n) is 2.78. The summed E-state index contributed by atoms with van der Waals surface area (Å²) >= 11 is 0. The van der Waals surface area contributed by atoms with Crippen molar-refractivity contribution < 1.29 is 19.1 Å². The molecule has 3 rings (SSSR count). The van der Waals surface area contributed by atoms with Crippen LogP contribution in [0.2, 0.25) is 0 Å². The zero-order valence-corrected chi connectivity index (χ0v) is 12.4. The lowest BCUT2D eigenvalue weighted by Crippen LogP contribution is -2.51. The third kappa shape index (κ3) is 2.46. The number of furan rings is 1. The highest BCUT2D eigenvalue weighted by Crippen LogP contribution is 2.26. The van der Waals surface area contributed by atoms with Gasteiger partial charge in [0.05, 0.1) is 0 Å². The molecule has 0 bridgehead atoms. The van der Waals surface area contributed by atoms with Crippen LogP contribution < -0.4 is 0 Å². The van der Waals surface area contributed by atoms with E-state index >= 15 is 0 Å². The molecule has 6 heteroatoms. The maximum atomic E-state index is 12.6. The van der Waals surface area contributed by atoms with E-state index in [1.54, 1.807) is 9.80 Å². The molecule has 0 unspecified atom stereocenters. The maximum absolute atomic E-state index is 12.6. The van der Waals surface area contributed by atoms with Crippen LogP contribution in [-0.4, -0.2) is 59.5 Å². The Morgan fingerprint density at radius 1 is 1.14 bits per heavy atom. The zero-order valence-electron chi connectivity index (χ0n) is 12.4. The van der Waals surface area contributed by atoms with E-state index in [2.05, 4.69) is 0 Å². The molecule has 0 spiro atoms. The van der Waals surface area contributed by atoms with E-state index in [-0.39, 0.29) is 11.8 Å². The minimum atomic E-state index is -0.489. The minimum Gasteiger partial charge on any atom is -0.451 e. The lowest BCUT2D eigenvalue weighted by Gasteiger charge is -2.34. The quantitative estimate of drug-likeness (QED) is 0.899. The lowest BCUT2D eigenvalue weighted by atomic mass is 10.1. The Morgan fingerprint density at radius 2 is 1.77 bits per heavy atom. The van der Waals surface area contributed by atoms with Crippen LogP contribution in [0.1, 0.15) is 16.1 Å². The molecular formula is C16H18N2O4. The van der Waals surface area contributed by atoms with E-state index in [0.717, 1.165) is 10.9 Å². The number of aliphatic hydroxyl groups is 1. The molecule has 0 aliphatic carbocycles. The van der Waals surface area contributed by atoms with Gasteiger partial charge in [0, 0.05) is 37.1 Å². The highest BCUT2D eigenvalue weighted by atomic mass is 16.3. The molecular weight excluding hydrogens is 284 g/mol. The summed E-state index contributed by atoms with van der Waals surface area (Å²) in [5.41, 5.74) is 1.55. The van der Waals surface area contributed by atoms with E-state index in [1.165, 1.54) is 0 Å². The summed E-state index contributed by atoms with van der Waals surface area (Å²) in [7, 11) is 0. The monoisotopic (exact) mass is 302 g/mol. The molecule has 2 heterocycles. The number of rotatable bonds is 2. The Bertz CT molecular complexity index is 714. The smallest absolute Gasteiger partial charge is 0.290 e. The van der Waals surface area contributed by atoms with Gasteiger partial charge in [-0.05, 0) is 13.0 Å². The van der Waals surface area contributed by atoms with Crippen LogP contribution in [0.15, 0.2) is 28.7 Å². The molecule has 1 aliphatic heterocycles. The van der Waals surface area contributed by atoms with Gasteiger partial charge in [-0.15, -0.1) is 0 Å². The van der Waals surface area contributed by atoms with E-state index in [4.69, 9.17) is 9.52 Å². The Labute approximate surface area is 127 Å². The number of amides is 2. The molecule has 1 saturated heterocycles. The van der Waals surface area contributed by atoms with E-state index < -0.39 is 6.61 Å². The summed E-state index contributed by atoms with van der Waals surface area (Å²) in [5, 5.41) is 9.81. The second-order valence-corrected chi connectivity index (χ2v) is 5.38. The van der Waals surface area contributed by atoms with Gasteiger partial charge in [-0.3, -0.25) is 9.59 Å². The molecule has 22 heavy (non-hydrogen) atoms. The summed E-state index contributed by atoms with van der Waals surface area (Å²) < 4.78 is 5.70. The SMILES string of the molecule is Cc1c(C(=O)N2CCN(C(=O)CO)CC2)oc2ccccc12. The second-order valence-electron chi connectivity index (χ2n) is 5.38. The largest absolute Gasteiger partial charge is 0.451 e. The number of aryl methyl sites for hydroxylation is 1. The number of benzene rings is 1. The van der Waals surface area contributed by atoms with Gasteiger partial charge in [-0.25, -0.2) is 0 Å². The lowest BCUT2D eigenvalue weighted by molar-refractivity contribution is -0.135. The normalized spacial score (nSPS) is 15.4. The Hall–Kier alpha value is -2.34. The maximum Gasteiger partial charge on any atom is 0.290 e. The highest BCUT2D eigenvalue weighted by molar-refractivity contribution is 5.99. The predicted molar refractivity (Wildman–Crippen MR) is 80.5 cm³/mol. The summed E-state index contributed by atoms with van der Waals surface area (Å²) in [5.74, 6) is -0.0834. The van der Waals surface area contributed by atoms with Crippen LogP contribution >= 0.6 is 0 Å². The fourth-order valence-corrected chi connectivity index (χ4v) is 2.78. The van der Waals surface area contributed by atoms with Gasteiger partial charge in [0.15, 0.2) is 5.76 Å². The minimum absolute atomic E-state index is 0.148. The number of fused-ring (bicyclic) bond motifs is 1. The number of hydrogen-bond acceptors (Lipinski definition) is 4. The number of nitrogens with zero attached hydrogens (tertiary/aromatic N) is 2. The molecule has 116 valence electrons. The number of aliphatic hydroxyl groups excluding tert-OH is 1. The molecule has 0 atom stereocenters. The third-order valence-corrected chi connectivity index (χ3v) is 4.09. The van der Waals surface area contributed by atoms with Crippen LogP contribution in [0.25, 0.3) is 11.0 Å². The van der Waals surface area contributed by atoms with Crippen molar-refractivity contribution in [1.29, 1.82) is 0 Å². The van der Waals surface area contributed by atoms with Gasteiger partial charge in [-0.1, -0.05) is 18.2 Å². The molecule has 2 amide bonds. The summed E-state index contributed by atoms with van der Waals surface area (Å²) in [6, 6.07) is 7.57. The first-order valence-corrected chi connectivity index (χ1v) is 7.28. The predicted octanol–water partition coefficient (Wildman–Crippen LogP) is 1.02. The Balaban J connectivity index is 1.77. The first-order valence-electron chi connectivity index (χ1n) is 7.28.